The van der Waals surface area contributed by atoms with E-state index in [9.17, 15) is 0 Å². The molecule has 0 aliphatic carbocycles. The highest BCUT2D eigenvalue weighted by Crippen LogP contribution is 2.10. The van der Waals surface area contributed by atoms with Gasteiger partial charge in [-0.1, -0.05) is 6.92 Å². The molecule has 0 amide bonds. The highest BCUT2D eigenvalue weighted by Gasteiger charge is 2.01. The lowest BCUT2D eigenvalue weighted by molar-refractivity contribution is 0.570. The van der Waals surface area contributed by atoms with Crippen molar-refractivity contribution in [3.05, 3.63) is 34.5 Å². The second-order valence-corrected chi connectivity index (χ2v) is 5.77. The van der Waals surface area contributed by atoms with Crippen molar-refractivity contribution in [2.24, 2.45) is 4.99 Å². The van der Waals surface area contributed by atoms with E-state index in [2.05, 4.69) is 44.9 Å². The summed E-state index contributed by atoms with van der Waals surface area (Å²) in [5.74, 6) is 0.842. The molecule has 2 rings (SSSR count). The van der Waals surface area contributed by atoms with Gasteiger partial charge in [0.25, 0.3) is 0 Å². The van der Waals surface area contributed by atoms with Crippen molar-refractivity contribution < 1.29 is 0 Å². The summed E-state index contributed by atoms with van der Waals surface area (Å²) in [7, 11) is 0. The van der Waals surface area contributed by atoms with Gasteiger partial charge < -0.3 is 10.6 Å². The molecular weight excluding hydrogens is 296 g/mol. The van der Waals surface area contributed by atoms with E-state index in [4.69, 9.17) is 0 Å². The molecule has 120 valence electrons. The number of aliphatic imine (C=N–C) groups is 1. The number of thiazole rings is 1. The molecule has 2 N–H and O–H groups in total. The van der Waals surface area contributed by atoms with Crippen LogP contribution in [0.2, 0.25) is 0 Å². The molecule has 0 aliphatic rings. The summed E-state index contributed by atoms with van der Waals surface area (Å²) in [5.41, 5.74) is 1.04. The van der Waals surface area contributed by atoms with Gasteiger partial charge in [-0.3, -0.25) is 4.68 Å². The van der Waals surface area contributed by atoms with Crippen LogP contribution in [-0.2, 0) is 19.5 Å². The number of hydrogen-bond acceptors (Lipinski definition) is 4. The predicted molar refractivity (Wildman–Crippen MR) is 91.2 cm³/mol. The van der Waals surface area contributed by atoms with E-state index in [-0.39, 0.29) is 0 Å². The summed E-state index contributed by atoms with van der Waals surface area (Å²) >= 11 is 1.70. The fourth-order valence-electron chi connectivity index (χ4n) is 1.97. The van der Waals surface area contributed by atoms with Gasteiger partial charge in [0.15, 0.2) is 5.96 Å². The van der Waals surface area contributed by atoms with Gasteiger partial charge in [0.1, 0.15) is 0 Å². The molecule has 0 radical (unpaired) electrons. The van der Waals surface area contributed by atoms with E-state index < -0.39 is 0 Å². The second-order valence-electron chi connectivity index (χ2n) is 4.83. The molecule has 2 aromatic rings. The van der Waals surface area contributed by atoms with Gasteiger partial charge in [0.05, 0.1) is 17.2 Å². The number of aromatic nitrogens is 3. The highest BCUT2D eigenvalue weighted by molar-refractivity contribution is 7.09. The van der Waals surface area contributed by atoms with Gasteiger partial charge >= 0.3 is 0 Å². The van der Waals surface area contributed by atoms with Crippen LogP contribution in [0.15, 0.2) is 28.8 Å². The molecule has 0 fully saturated rings. The van der Waals surface area contributed by atoms with Crippen LogP contribution in [-0.4, -0.2) is 33.8 Å². The van der Waals surface area contributed by atoms with E-state index in [0.717, 1.165) is 44.1 Å². The van der Waals surface area contributed by atoms with Gasteiger partial charge in [0, 0.05) is 37.4 Å². The molecule has 2 aromatic heterocycles. The molecule has 7 heteroatoms. The number of guanidine groups is 1. The number of aryl methyl sites for hydroxylation is 2. The Morgan fingerprint density at radius 2 is 2.27 bits per heavy atom. The first kappa shape index (κ1) is 16.5. The summed E-state index contributed by atoms with van der Waals surface area (Å²) in [4.78, 5) is 9.12. The molecule has 0 unspecified atom stereocenters. The topological polar surface area (TPSA) is 67.1 Å². The second kappa shape index (κ2) is 9.19. The molecule has 0 saturated heterocycles. The zero-order valence-corrected chi connectivity index (χ0v) is 14.1. The van der Waals surface area contributed by atoms with Crippen molar-refractivity contribution in [2.75, 3.05) is 13.1 Å². The molecule has 0 atom stereocenters. The van der Waals surface area contributed by atoms with Crippen LogP contribution in [0.3, 0.4) is 0 Å². The lowest BCUT2D eigenvalue weighted by atomic mass is 10.4. The quantitative estimate of drug-likeness (QED) is 0.444. The van der Waals surface area contributed by atoms with Crippen molar-refractivity contribution in [3.63, 3.8) is 0 Å². The third-order valence-electron chi connectivity index (χ3n) is 3.06. The van der Waals surface area contributed by atoms with Gasteiger partial charge in [-0.15, -0.1) is 11.3 Å². The maximum atomic E-state index is 4.58. The third-order valence-corrected chi connectivity index (χ3v) is 4.10. The van der Waals surface area contributed by atoms with E-state index >= 15 is 0 Å². The summed E-state index contributed by atoms with van der Waals surface area (Å²) < 4.78 is 1.94. The fourth-order valence-corrected chi connectivity index (χ4v) is 2.70. The molecule has 6 nitrogen and oxygen atoms in total. The molecule has 0 saturated carbocycles. The SMILES string of the molecule is CCNC(=NCc1csc(CC)n1)NCCCn1cccn1. The van der Waals surface area contributed by atoms with Crippen molar-refractivity contribution in [1.29, 1.82) is 0 Å². The number of rotatable bonds is 8. The Morgan fingerprint density at radius 1 is 1.36 bits per heavy atom. The fraction of sp³-hybridized carbons (Fsp3) is 0.533. The van der Waals surface area contributed by atoms with Crippen molar-refractivity contribution in [1.82, 2.24) is 25.4 Å². The van der Waals surface area contributed by atoms with Crippen molar-refractivity contribution in [2.45, 2.75) is 39.8 Å². The summed E-state index contributed by atoms with van der Waals surface area (Å²) in [6.45, 7) is 7.43. The number of nitrogens with one attached hydrogen (secondary N) is 2. The monoisotopic (exact) mass is 320 g/mol. The van der Waals surface area contributed by atoms with Crippen molar-refractivity contribution in [3.8, 4) is 0 Å². The van der Waals surface area contributed by atoms with Crippen LogP contribution in [0, 0.1) is 0 Å². The maximum absolute atomic E-state index is 4.58. The van der Waals surface area contributed by atoms with E-state index in [1.165, 1.54) is 5.01 Å². The summed E-state index contributed by atoms with van der Waals surface area (Å²) in [6, 6.07) is 1.94. The van der Waals surface area contributed by atoms with Crippen LogP contribution in [0.5, 0.6) is 0 Å². The summed E-state index contributed by atoms with van der Waals surface area (Å²) in [6.07, 6.45) is 5.77. The normalized spacial score (nSPS) is 11.6. The Balaban J connectivity index is 1.76. The summed E-state index contributed by atoms with van der Waals surface area (Å²) in [5, 5.41) is 14.1. The Kier molecular flexibility index (Phi) is 6.89. The molecule has 0 aromatic carbocycles. The zero-order valence-electron chi connectivity index (χ0n) is 13.2. The van der Waals surface area contributed by atoms with Crippen molar-refractivity contribution >= 4 is 17.3 Å². The molecule has 0 bridgehead atoms. The van der Waals surface area contributed by atoms with Gasteiger partial charge in [0.2, 0.25) is 0 Å². The zero-order chi connectivity index (χ0) is 15.6. The average Bonchev–Trinajstić information content (AvgIpc) is 3.20. The van der Waals surface area contributed by atoms with Gasteiger partial charge in [-0.2, -0.15) is 5.10 Å². The minimum Gasteiger partial charge on any atom is -0.357 e. The Labute approximate surface area is 135 Å². The van der Waals surface area contributed by atoms with Crippen LogP contribution >= 0.6 is 11.3 Å². The van der Waals surface area contributed by atoms with Gasteiger partial charge in [-0.05, 0) is 25.8 Å². The molecule has 2 heterocycles. The number of hydrogen-bond donors (Lipinski definition) is 2. The molecule has 0 aliphatic heterocycles. The maximum Gasteiger partial charge on any atom is 0.191 e. The lowest BCUT2D eigenvalue weighted by Gasteiger charge is -2.10. The Morgan fingerprint density at radius 3 is 2.95 bits per heavy atom. The molecular formula is C15H24N6S. The smallest absolute Gasteiger partial charge is 0.191 e. The standard InChI is InChI=1S/C15H24N6S/c1-3-14-20-13(12-22-14)11-18-15(16-4-2)17-7-5-9-21-10-6-8-19-21/h6,8,10,12H,3-5,7,9,11H2,1-2H3,(H2,16,17,18). The Hall–Kier alpha value is -1.89. The first-order valence-electron chi connectivity index (χ1n) is 7.74. The Bertz CT molecular complexity index is 560. The lowest BCUT2D eigenvalue weighted by Crippen LogP contribution is -2.38. The minimum atomic E-state index is 0.616. The predicted octanol–water partition coefficient (Wildman–Crippen LogP) is 2.05. The highest BCUT2D eigenvalue weighted by atomic mass is 32.1. The number of nitrogens with zero attached hydrogens (tertiary/aromatic N) is 4. The van der Waals surface area contributed by atoms with Gasteiger partial charge in [-0.25, -0.2) is 9.98 Å². The third kappa shape index (κ3) is 5.48. The van der Waals surface area contributed by atoms with E-state index in [1.807, 2.05) is 16.9 Å². The van der Waals surface area contributed by atoms with E-state index in [0.29, 0.717) is 6.54 Å². The molecule has 22 heavy (non-hydrogen) atoms. The van der Waals surface area contributed by atoms with Crippen LogP contribution in [0.1, 0.15) is 31.0 Å². The van der Waals surface area contributed by atoms with Crippen LogP contribution in [0.25, 0.3) is 0 Å². The first-order chi connectivity index (χ1) is 10.8. The average molecular weight is 320 g/mol. The molecule has 0 spiro atoms. The van der Waals surface area contributed by atoms with Crippen LogP contribution < -0.4 is 10.6 Å². The van der Waals surface area contributed by atoms with E-state index in [1.54, 1.807) is 17.5 Å². The van der Waals surface area contributed by atoms with Crippen LogP contribution in [0.4, 0.5) is 0 Å². The minimum absolute atomic E-state index is 0.616. The first-order valence-corrected chi connectivity index (χ1v) is 8.62. The largest absolute Gasteiger partial charge is 0.357 e.